The van der Waals surface area contributed by atoms with Crippen molar-refractivity contribution in [2.75, 3.05) is 19.6 Å². The van der Waals surface area contributed by atoms with Crippen LogP contribution in [0.2, 0.25) is 0 Å². The van der Waals surface area contributed by atoms with Crippen LogP contribution in [-0.4, -0.2) is 30.7 Å². The van der Waals surface area contributed by atoms with Crippen molar-refractivity contribution in [3.63, 3.8) is 0 Å². The molecule has 1 atom stereocenters. The molecule has 1 aromatic heterocycles. The van der Waals surface area contributed by atoms with E-state index in [1.54, 1.807) is 25.3 Å². The molecular formula is C17H29N3O2. The van der Waals surface area contributed by atoms with E-state index in [-0.39, 0.29) is 6.54 Å². The molecule has 0 aromatic carbocycles. The van der Waals surface area contributed by atoms with Gasteiger partial charge in [0.25, 0.3) is 0 Å². The molecule has 1 unspecified atom stereocenters. The van der Waals surface area contributed by atoms with Crippen LogP contribution < -0.4 is 10.6 Å². The molecule has 1 fully saturated rings. The van der Waals surface area contributed by atoms with Crippen molar-refractivity contribution in [3.8, 4) is 0 Å². The van der Waals surface area contributed by atoms with Gasteiger partial charge in [-0.2, -0.15) is 0 Å². The van der Waals surface area contributed by atoms with Crippen LogP contribution in [0.15, 0.2) is 27.8 Å². The maximum Gasteiger partial charge on any atom is 0.191 e. The van der Waals surface area contributed by atoms with E-state index in [1.807, 2.05) is 6.92 Å². The van der Waals surface area contributed by atoms with Crippen LogP contribution in [0.1, 0.15) is 52.2 Å². The van der Waals surface area contributed by atoms with E-state index < -0.39 is 5.60 Å². The molecule has 1 aliphatic carbocycles. The molecule has 0 radical (unpaired) electrons. The van der Waals surface area contributed by atoms with Crippen molar-refractivity contribution in [1.82, 2.24) is 10.6 Å². The Kier molecular flexibility index (Phi) is 5.51. The maximum atomic E-state index is 10.5. The standard InChI is InChI=1S/C17H29N3O2/c1-4-18-15(19-12-16(2)9-5-6-10-16)20-13-17(3,21)14-8-7-11-22-14/h7-8,11,21H,4-6,9-10,12-13H2,1-3H3,(H2,18,19,20). The van der Waals surface area contributed by atoms with Gasteiger partial charge < -0.3 is 20.2 Å². The molecule has 5 nitrogen and oxygen atoms in total. The van der Waals surface area contributed by atoms with E-state index in [9.17, 15) is 5.11 Å². The van der Waals surface area contributed by atoms with Gasteiger partial charge in [-0.3, -0.25) is 0 Å². The molecule has 5 heteroatoms. The summed E-state index contributed by atoms with van der Waals surface area (Å²) in [5.41, 5.74) is -0.733. The van der Waals surface area contributed by atoms with E-state index in [1.165, 1.54) is 25.7 Å². The van der Waals surface area contributed by atoms with E-state index in [4.69, 9.17) is 4.42 Å². The molecule has 0 aliphatic heterocycles. The minimum absolute atomic E-state index is 0.257. The lowest BCUT2D eigenvalue weighted by Crippen LogP contribution is -2.43. The lowest BCUT2D eigenvalue weighted by atomic mass is 9.89. The quantitative estimate of drug-likeness (QED) is 0.558. The Hall–Kier alpha value is -1.49. The van der Waals surface area contributed by atoms with Gasteiger partial charge in [-0.15, -0.1) is 0 Å². The van der Waals surface area contributed by atoms with Crippen LogP contribution in [0.5, 0.6) is 0 Å². The zero-order chi connectivity index (χ0) is 16.1. The van der Waals surface area contributed by atoms with Gasteiger partial charge in [0.1, 0.15) is 11.4 Å². The van der Waals surface area contributed by atoms with Crippen LogP contribution in [0.3, 0.4) is 0 Å². The third-order valence-electron chi connectivity index (χ3n) is 4.43. The molecule has 1 heterocycles. The number of nitrogens with zero attached hydrogens (tertiary/aromatic N) is 1. The Balaban J connectivity index is 1.94. The second-order valence-electron chi connectivity index (χ2n) is 6.82. The predicted molar refractivity (Wildman–Crippen MR) is 88.8 cm³/mol. The summed E-state index contributed by atoms with van der Waals surface area (Å²) in [7, 11) is 0. The molecule has 0 saturated heterocycles. The molecule has 0 bridgehead atoms. The van der Waals surface area contributed by atoms with Crippen LogP contribution in [-0.2, 0) is 5.60 Å². The lowest BCUT2D eigenvalue weighted by molar-refractivity contribution is 0.0437. The fourth-order valence-corrected chi connectivity index (χ4v) is 2.94. The van der Waals surface area contributed by atoms with Gasteiger partial charge in [-0.1, -0.05) is 19.8 Å². The van der Waals surface area contributed by atoms with Crippen LogP contribution in [0, 0.1) is 5.41 Å². The summed E-state index contributed by atoms with van der Waals surface area (Å²) < 4.78 is 5.29. The van der Waals surface area contributed by atoms with Gasteiger partial charge in [0.2, 0.25) is 0 Å². The summed E-state index contributed by atoms with van der Waals surface area (Å²) >= 11 is 0. The Morgan fingerprint density at radius 3 is 2.73 bits per heavy atom. The van der Waals surface area contributed by atoms with Crippen molar-refractivity contribution in [2.45, 2.75) is 52.1 Å². The van der Waals surface area contributed by atoms with E-state index in [0.717, 1.165) is 19.0 Å². The first-order valence-corrected chi connectivity index (χ1v) is 8.24. The molecule has 2 rings (SSSR count). The van der Waals surface area contributed by atoms with Crippen LogP contribution >= 0.6 is 0 Å². The smallest absolute Gasteiger partial charge is 0.191 e. The highest BCUT2D eigenvalue weighted by atomic mass is 16.4. The highest BCUT2D eigenvalue weighted by molar-refractivity contribution is 5.79. The minimum Gasteiger partial charge on any atom is -0.466 e. The Labute approximate surface area is 133 Å². The summed E-state index contributed by atoms with van der Waals surface area (Å²) in [6, 6.07) is 3.55. The number of furan rings is 1. The highest BCUT2D eigenvalue weighted by Gasteiger charge is 2.29. The summed E-state index contributed by atoms with van der Waals surface area (Å²) in [6.45, 7) is 8.06. The van der Waals surface area contributed by atoms with Gasteiger partial charge >= 0.3 is 0 Å². The molecular weight excluding hydrogens is 278 g/mol. The van der Waals surface area contributed by atoms with Crippen molar-refractivity contribution in [2.24, 2.45) is 10.4 Å². The Morgan fingerprint density at radius 2 is 2.14 bits per heavy atom. The zero-order valence-corrected chi connectivity index (χ0v) is 14.0. The number of rotatable bonds is 6. The van der Waals surface area contributed by atoms with Crippen molar-refractivity contribution >= 4 is 5.96 Å². The van der Waals surface area contributed by atoms with Gasteiger partial charge in [0, 0.05) is 13.1 Å². The Morgan fingerprint density at radius 1 is 1.41 bits per heavy atom. The summed E-state index contributed by atoms with van der Waals surface area (Å²) in [4.78, 5) is 4.52. The van der Waals surface area contributed by atoms with Gasteiger partial charge in [0.05, 0.1) is 12.8 Å². The molecule has 0 amide bonds. The zero-order valence-electron chi connectivity index (χ0n) is 14.0. The first-order valence-electron chi connectivity index (χ1n) is 8.24. The van der Waals surface area contributed by atoms with E-state index in [2.05, 4.69) is 22.5 Å². The van der Waals surface area contributed by atoms with Crippen molar-refractivity contribution in [1.29, 1.82) is 0 Å². The highest BCUT2D eigenvalue weighted by Crippen LogP contribution is 2.36. The molecule has 0 spiro atoms. The number of aliphatic imine (C=N–C) groups is 1. The molecule has 3 N–H and O–H groups in total. The van der Waals surface area contributed by atoms with Gasteiger partial charge in [-0.05, 0) is 44.2 Å². The summed E-state index contributed by atoms with van der Waals surface area (Å²) in [5, 5.41) is 17.1. The topological polar surface area (TPSA) is 69.8 Å². The first-order chi connectivity index (χ1) is 10.5. The Bertz CT molecular complexity index is 474. The van der Waals surface area contributed by atoms with Gasteiger partial charge in [0.15, 0.2) is 5.96 Å². The van der Waals surface area contributed by atoms with Gasteiger partial charge in [-0.25, -0.2) is 4.99 Å². The molecule has 1 aliphatic rings. The first kappa shape index (κ1) is 16.9. The third kappa shape index (κ3) is 4.50. The van der Waals surface area contributed by atoms with Crippen molar-refractivity contribution in [3.05, 3.63) is 24.2 Å². The molecule has 124 valence electrons. The number of nitrogens with one attached hydrogen (secondary N) is 2. The summed E-state index contributed by atoms with van der Waals surface area (Å²) in [6.07, 6.45) is 6.74. The average molecular weight is 307 g/mol. The third-order valence-corrected chi connectivity index (χ3v) is 4.43. The number of hydrogen-bond acceptors (Lipinski definition) is 3. The van der Waals surface area contributed by atoms with Crippen LogP contribution in [0.25, 0.3) is 0 Å². The van der Waals surface area contributed by atoms with E-state index in [0.29, 0.717) is 11.2 Å². The normalized spacial score (nSPS) is 20.6. The largest absolute Gasteiger partial charge is 0.466 e. The number of guanidine groups is 1. The number of aliphatic hydroxyl groups is 1. The fourth-order valence-electron chi connectivity index (χ4n) is 2.94. The predicted octanol–water partition coefficient (Wildman–Crippen LogP) is 2.62. The van der Waals surface area contributed by atoms with Crippen LogP contribution in [0.4, 0.5) is 0 Å². The minimum atomic E-state index is -1.09. The second-order valence-corrected chi connectivity index (χ2v) is 6.82. The fraction of sp³-hybridized carbons (Fsp3) is 0.706. The average Bonchev–Trinajstić information content (AvgIpc) is 3.14. The maximum absolute atomic E-state index is 10.5. The monoisotopic (exact) mass is 307 g/mol. The molecule has 22 heavy (non-hydrogen) atoms. The van der Waals surface area contributed by atoms with Crippen molar-refractivity contribution < 1.29 is 9.52 Å². The summed E-state index contributed by atoms with van der Waals surface area (Å²) in [5.74, 6) is 1.29. The number of hydrogen-bond donors (Lipinski definition) is 3. The van der Waals surface area contributed by atoms with E-state index >= 15 is 0 Å². The molecule has 1 saturated carbocycles. The SMILES string of the molecule is CCNC(=NCC(C)(O)c1ccco1)NCC1(C)CCCC1. The second kappa shape index (κ2) is 7.18. The molecule has 1 aromatic rings. The lowest BCUT2D eigenvalue weighted by Gasteiger charge is -2.25.